The van der Waals surface area contributed by atoms with Crippen LogP contribution >= 0.6 is 0 Å². The van der Waals surface area contributed by atoms with E-state index in [1.165, 1.54) is 0 Å². The fourth-order valence-electron chi connectivity index (χ4n) is 3.30. The second kappa shape index (κ2) is 6.92. The van der Waals surface area contributed by atoms with E-state index < -0.39 is 0 Å². The molecule has 0 radical (unpaired) electrons. The van der Waals surface area contributed by atoms with E-state index in [0.29, 0.717) is 13.1 Å². The Bertz CT molecular complexity index is 526. The van der Waals surface area contributed by atoms with E-state index in [9.17, 15) is 9.59 Å². The van der Waals surface area contributed by atoms with Crippen molar-refractivity contribution in [3.8, 4) is 0 Å². The molecule has 5 heteroatoms. The fourth-order valence-corrected chi connectivity index (χ4v) is 3.30. The average Bonchev–Trinajstić information content (AvgIpc) is 3.24. The van der Waals surface area contributed by atoms with Gasteiger partial charge in [-0.15, -0.1) is 0 Å². The standard InChI is InChI=1S/C17H23N3O2/c21-16(19-12-13-6-2-1-3-7-13)15-9-5-11-20(15)17(22)14-8-4-10-18-14/h1-3,6-7,14-15,18H,4-5,8-12H2,(H,19,21)/t14?,15-/m0/s1. The van der Waals surface area contributed by atoms with Gasteiger partial charge in [0.1, 0.15) is 6.04 Å². The van der Waals surface area contributed by atoms with Gasteiger partial charge in [0.25, 0.3) is 0 Å². The molecule has 0 spiro atoms. The van der Waals surface area contributed by atoms with Gasteiger partial charge < -0.3 is 15.5 Å². The normalized spacial score (nSPS) is 24.5. The number of carbonyl (C=O) groups is 2. The fraction of sp³-hybridized carbons (Fsp3) is 0.529. The number of nitrogens with zero attached hydrogens (tertiary/aromatic N) is 1. The lowest BCUT2D eigenvalue weighted by Crippen LogP contribution is -2.50. The van der Waals surface area contributed by atoms with Crippen molar-refractivity contribution in [2.75, 3.05) is 13.1 Å². The van der Waals surface area contributed by atoms with Crippen molar-refractivity contribution < 1.29 is 9.59 Å². The molecule has 3 rings (SSSR count). The van der Waals surface area contributed by atoms with Crippen molar-refractivity contribution in [2.24, 2.45) is 0 Å². The molecule has 22 heavy (non-hydrogen) atoms. The molecule has 2 N–H and O–H groups in total. The van der Waals surface area contributed by atoms with E-state index in [2.05, 4.69) is 10.6 Å². The highest BCUT2D eigenvalue weighted by Gasteiger charge is 2.37. The predicted octanol–water partition coefficient (Wildman–Crippen LogP) is 1.05. The molecule has 1 aromatic carbocycles. The van der Waals surface area contributed by atoms with Crippen LogP contribution < -0.4 is 10.6 Å². The van der Waals surface area contributed by atoms with Crippen LogP contribution in [0.15, 0.2) is 30.3 Å². The van der Waals surface area contributed by atoms with Gasteiger partial charge in [-0.2, -0.15) is 0 Å². The first-order valence-corrected chi connectivity index (χ1v) is 8.11. The molecule has 2 fully saturated rings. The van der Waals surface area contributed by atoms with Gasteiger partial charge in [-0.25, -0.2) is 0 Å². The largest absolute Gasteiger partial charge is 0.350 e. The minimum Gasteiger partial charge on any atom is -0.350 e. The quantitative estimate of drug-likeness (QED) is 0.874. The van der Waals surface area contributed by atoms with Gasteiger partial charge in [-0.3, -0.25) is 9.59 Å². The highest BCUT2D eigenvalue weighted by molar-refractivity contribution is 5.90. The first kappa shape index (κ1) is 15.0. The highest BCUT2D eigenvalue weighted by Crippen LogP contribution is 2.20. The van der Waals surface area contributed by atoms with Crippen LogP contribution in [0.1, 0.15) is 31.2 Å². The molecular formula is C17H23N3O2. The van der Waals surface area contributed by atoms with Crippen LogP contribution in [0.5, 0.6) is 0 Å². The Morgan fingerprint density at radius 3 is 2.73 bits per heavy atom. The molecule has 2 saturated heterocycles. The zero-order valence-corrected chi connectivity index (χ0v) is 12.8. The number of hydrogen-bond donors (Lipinski definition) is 2. The monoisotopic (exact) mass is 301 g/mol. The Balaban J connectivity index is 1.57. The zero-order valence-electron chi connectivity index (χ0n) is 12.8. The average molecular weight is 301 g/mol. The highest BCUT2D eigenvalue weighted by atomic mass is 16.2. The lowest BCUT2D eigenvalue weighted by atomic mass is 10.1. The van der Waals surface area contributed by atoms with Gasteiger partial charge in [0.15, 0.2) is 0 Å². The van der Waals surface area contributed by atoms with Crippen LogP contribution in [0.2, 0.25) is 0 Å². The van der Waals surface area contributed by atoms with Crippen molar-refractivity contribution in [3.05, 3.63) is 35.9 Å². The summed E-state index contributed by atoms with van der Waals surface area (Å²) < 4.78 is 0. The summed E-state index contributed by atoms with van der Waals surface area (Å²) in [5.41, 5.74) is 1.07. The van der Waals surface area contributed by atoms with Crippen molar-refractivity contribution >= 4 is 11.8 Å². The predicted molar refractivity (Wildman–Crippen MR) is 84.0 cm³/mol. The van der Waals surface area contributed by atoms with Crippen LogP contribution in [0.3, 0.4) is 0 Å². The first-order valence-electron chi connectivity index (χ1n) is 8.11. The van der Waals surface area contributed by atoms with Crippen molar-refractivity contribution in [2.45, 2.75) is 44.3 Å². The molecule has 2 aliphatic heterocycles. The second-order valence-electron chi connectivity index (χ2n) is 6.04. The Hall–Kier alpha value is -1.88. The third kappa shape index (κ3) is 3.30. The number of likely N-dealkylation sites (tertiary alicyclic amines) is 1. The number of benzene rings is 1. The SMILES string of the molecule is O=C(NCc1ccccc1)[C@@H]1CCCN1C(=O)C1CCCN1. The maximum Gasteiger partial charge on any atom is 0.243 e. The number of rotatable bonds is 4. The summed E-state index contributed by atoms with van der Waals surface area (Å²) in [6.07, 6.45) is 3.59. The van der Waals surface area contributed by atoms with Crippen LogP contribution in [-0.2, 0) is 16.1 Å². The molecule has 2 amide bonds. The Morgan fingerprint density at radius 1 is 1.18 bits per heavy atom. The summed E-state index contributed by atoms with van der Waals surface area (Å²) in [6.45, 7) is 2.11. The zero-order chi connectivity index (χ0) is 15.4. The number of carbonyl (C=O) groups excluding carboxylic acids is 2. The van der Waals surface area contributed by atoms with Crippen molar-refractivity contribution in [3.63, 3.8) is 0 Å². The van der Waals surface area contributed by atoms with E-state index in [4.69, 9.17) is 0 Å². The van der Waals surface area contributed by atoms with Crippen molar-refractivity contribution in [1.29, 1.82) is 0 Å². The molecule has 0 aromatic heterocycles. The minimum absolute atomic E-state index is 0.0345. The molecule has 0 bridgehead atoms. The molecule has 1 unspecified atom stereocenters. The number of nitrogens with one attached hydrogen (secondary N) is 2. The Kier molecular flexibility index (Phi) is 4.73. The topological polar surface area (TPSA) is 61.4 Å². The lowest BCUT2D eigenvalue weighted by molar-refractivity contribution is -0.139. The summed E-state index contributed by atoms with van der Waals surface area (Å²) in [4.78, 5) is 26.7. The summed E-state index contributed by atoms with van der Waals surface area (Å²) >= 11 is 0. The summed E-state index contributed by atoms with van der Waals surface area (Å²) in [6, 6.07) is 9.44. The summed E-state index contributed by atoms with van der Waals surface area (Å²) in [5, 5.41) is 6.19. The molecule has 5 nitrogen and oxygen atoms in total. The maximum atomic E-state index is 12.5. The smallest absolute Gasteiger partial charge is 0.243 e. The van der Waals surface area contributed by atoms with Gasteiger partial charge in [-0.1, -0.05) is 30.3 Å². The number of amides is 2. The third-order valence-corrected chi connectivity index (χ3v) is 4.51. The maximum absolute atomic E-state index is 12.5. The van der Waals surface area contributed by atoms with Crippen LogP contribution in [-0.4, -0.2) is 41.9 Å². The van der Waals surface area contributed by atoms with E-state index in [-0.39, 0.29) is 23.9 Å². The first-order chi connectivity index (χ1) is 10.8. The van der Waals surface area contributed by atoms with Gasteiger partial charge in [0.2, 0.25) is 11.8 Å². The number of hydrogen-bond acceptors (Lipinski definition) is 3. The Morgan fingerprint density at radius 2 is 2.00 bits per heavy atom. The molecule has 2 aliphatic rings. The summed E-state index contributed by atoms with van der Waals surface area (Å²) in [7, 11) is 0. The van der Waals surface area contributed by atoms with E-state index in [0.717, 1.165) is 37.8 Å². The molecule has 1 aromatic rings. The van der Waals surface area contributed by atoms with E-state index >= 15 is 0 Å². The van der Waals surface area contributed by atoms with Gasteiger partial charge in [0.05, 0.1) is 6.04 Å². The van der Waals surface area contributed by atoms with Crippen LogP contribution in [0.25, 0.3) is 0 Å². The lowest BCUT2D eigenvalue weighted by Gasteiger charge is -2.26. The van der Waals surface area contributed by atoms with Crippen molar-refractivity contribution in [1.82, 2.24) is 15.5 Å². The van der Waals surface area contributed by atoms with Crippen LogP contribution in [0, 0.1) is 0 Å². The minimum atomic E-state index is -0.307. The molecular weight excluding hydrogens is 278 g/mol. The molecule has 2 heterocycles. The van der Waals surface area contributed by atoms with Crippen LogP contribution in [0.4, 0.5) is 0 Å². The molecule has 0 saturated carbocycles. The molecule has 2 atom stereocenters. The summed E-state index contributed by atoms with van der Waals surface area (Å²) in [5.74, 6) is 0.0579. The second-order valence-corrected chi connectivity index (χ2v) is 6.04. The van der Waals surface area contributed by atoms with E-state index in [1.54, 1.807) is 4.90 Å². The molecule has 0 aliphatic carbocycles. The third-order valence-electron chi connectivity index (χ3n) is 4.51. The van der Waals surface area contributed by atoms with E-state index in [1.807, 2.05) is 30.3 Å². The molecule has 118 valence electrons. The van der Waals surface area contributed by atoms with Gasteiger partial charge in [-0.05, 0) is 37.8 Å². The Labute approximate surface area is 131 Å². The van der Waals surface area contributed by atoms with Gasteiger partial charge in [0, 0.05) is 13.1 Å². The van der Waals surface area contributed by atoms with Gasteiger partial charge >= 0.3 is 0 Å².